The molecule has 0 aliphatic carbocycles. The summed E-state index contributed by atoms with van der Waals surface area (Å²) in [5.74, 6) is 0.546. The van der Waals surface area contributed by atoms with Gasteiger partial charge in [0.15, 0.2) is 0 Å². The van der Waals surface area contributed by atoms with Gasteiger partial charge in [-0.1, -0.05) is 6.92 Å². The Kier molecular flexibility index (Phi) is 6.27. The van der Waals surface area contributed by atoms with Crippen molar-refractivity contribution in [1.82, 2.24) is 4.72 Å². The normalized spacial score (nSPS) is 13.2. The minimum Gasteiger partial charge on any atom is -0.385 e. The van der Waals surface area contributed by atoms with Crippen LogP contribution in [0, 0.1) is 5.92 Å². The fourth-order valence-electron chi connectivity index (χ4n) is 1.67. The quantitative estimate of drug-likeness (QED) is 0.630. The van der Waals surface area contributed by atoms with Crippen LogP contribution in [0.15, 0.2) is 29.2 Å². The van der Waals surface area contributed by atoms with Crippen LogP contribution in [0.5, 0.6) is 0 Å². The Balaban J connectivity index is 2.45. The fourth-order valence-corrected chi connectivity index (χ4v) is 2.40. The number of nitrogens with one attached hydrogen (secondary N) is 2. The number of hydrogen-bond donors (Lipinski definition) is 3. The Bertz CT molecular complexity index is 471. The molecule has 0 heterocycles. The van der Waals surface area contributed by atoms with Crippen molar-refractivity contribution in [2.75, 3.05) is 25.5 Å². The molecule has 1 atom stereocenters. The highest BCUT2D eigenvalue weighted by Crippen LogP contribution is 2.14. The third-order valence-electron chi connectivity index (χ3n) is 3.04. The first kappa shape index (κ1) is 15.9. The molecule has 0 saturated heterocycles. The highest BCUT2D eigenvalue weighted by atomic mass is 32.2. The molecule has 0 radical (unpaired) electrons. The third kappa shape index (κ3) is 5.18. The monoisotopic (exact) mass is 285 g/mol. The minimum absolute atomic E-state index is 0.275. The lowest BCUT2D eigenvalue weighted by Crippen LogP contribution is -2.18. The Morgan fingerprint density at radius 1 is 1.26 bits per heavy atom. The summed E-state index contributed by atoms with van der Waals surface area (Å²) in [5.41, 5.74) is 6.48. The second kappa shape index (κ2) is 7.47. The van der Waals surface area contributed by atoms with Crippen LogP contribution in [0.2, 0.25) is 0 Å². The van der Waals surface area contributed by atoms with E-state index in [1.165, 1.54) is 7.05 Å². The highest BCUT2D eigenvalue weighted by Gasteiger charge is 2.10. The lowest BCUT2D eigenvalue weighted by molar-refractivity contribution is 0.529. The van der Waals surface area contributed by atoms with Gasteiger partial charge in [0.25, 0.3) is 0 Å². The topological polar surface area (TPSA) is 84.2 Å². The fraction of sp³-hybridized carbons (Fsp3) is 0.538. The van der Waals surface area contributed by atoms with Gasteiger partial charge in [-0.25, -0.2) is 13.1 Å². The zero-order valence-corrected chi connectivity index (χ0v) is 12.3. The van der Waals surface area contributed by atoms with E-state index in [2.05, 4.69) is 17.0 Å². The van der Waals surface area contributed by atoms with Gasteiger partial charge in [0.1, 0.15) is 0 Å². The maximum Gasteiger partial charge on any atom is 0.240 e. The van der Waals surface area contributed by atoms with Crippen LogP contribution in [0.1, 0.15) is 19.8 Å². The molecular weight excluding hydrogens is 262 g/mol. The van der Waals surface area contributed by atoms with Crippen molar-refractivity contribution in [3.05, 3.63) is 24.3 Å². The first-order chi connectivity index (χ1) is 8.99. The molecule has 1 rings (SSSR count). The van der Waals surface area contributed by atoms with Crippen LogP contribution in [0.4, 0.5) is 5.69 Å². The highest BCUT2D eigenvalue weighted by molar-refractivity contribution is 7.89. The zero-order chi connectivity index (χ0) is 14.3. The predicted octanol–water partition coefficient (Wildman–Crippen LogP) is 1.38. The lowest BCUT2D eigenvalue weighted by Gasteiger charge is -2.10. The van der Waals surface area contributed by atoms with Crippen molar-refractivity contribution < 1.29 is 8.42 Å². The molecule has 6 heteroatoms. The first-order valence-corrected chi connectivity index (χ1v) is 7.95. The molecule has 0 amide bonds. The van der Waals surface area contributed by atoms with Crippen molar-refractivity contribution in [3.8, 4) is 0 Å². The molecular formula is C13H23N3O2S. The number of rotatable bonds is 8. The Morgan fingerprint density at radius 2 is 1.89 bits per heavy atom. The summed E-state index contributed by atoms with van der Waals surface area (Å²) in [6.07, 6.45) is 2.14. The predicted molar refractivity (Wildman–Crippen MR) is 78.6 cm³/mol. The van der Waals surface area contributed by atoms with Crippen LogP contribution >= 0.6 is 0 Å². The Morgan fingerprint density at radius 3 is 2.42 bits per heavy atom. The lowest BCUT2D eigenvalue weighted by atomic mass is 10.1. The molecule has 4 N–H and O–H groups in total. The molecule has 108 valence electrons. The van der Waals surface area contributed by atoms with E-state index in [1.54, 1.807) is 24.3 Å². The maximum atomic E-state index is 11.5. The first-order valence-electron chi connectivity index (χ1n) is 6.47. The molecule has 0 bridgehead atoms. The van der Waals surface area contributed by atoms with E-state index in [0.717, 1.165) is 31.6 Å². The summed E-state index contributed by atoms with van der Waals surface area (Å²) in [6.45, 7) is 3.72. The van der Waals surface area contributed by atoms with Crippen LogP contribution in [-0.2, 0) is 10.0 Å². The van der Waals surface area contributed by atoms with Crippen LogP contribution in [-0.4, -0.2) is 28.6 Å². The molecule has 1 unspecified atom stereocenters. The number of nitrogens with two attached hydrogens (primary N) is 1. The summed E-state index contributed by atoms with van der Waals surface area (Å²) < 4.78 is 25.4. The molecule has 19 heavy (non-hydrogen) atoms. The van der Waals surface area contributed by atoms with Crippen molar-refractivity contribution in [2.45, 2.75) is 24.7 Å². The van der Waals surface area contributed by atoms with Gasteiger partial charge in [-0.3, -0.25) is 0 Å². The van der Waals surface area contributed by atoms with Gasteiger partial charge >= 0.3 is 0 Å². The zero-order valence-electron chi connectivity index (χ0n) is 11.5. The molecule has 0 fully saturated rings. The maximum absolute atomic E-state index is 11.5. The van der Waals surface area contributed by atoms with Gasteiger partial charge in [-0.15, -0.1) is 0 Å². The van der Waals surface area contributed by atoms with Crippen molar-refractivity contribution in [3.63, 3.8) is 0 Å². The van der Waals surface area contributed by atoms with Gasteiger partial charge in [-0.05, 0) is 56.6 Å². The van der Waals surface area contributed by atoms with Crippen molar-refractivity contribution in [2.24, 2.45) is 11.7 Å². The van der Waals surface area contributed by atoms with Crippen LogP contribution < -0.4 is 15.8 Å². The molecule has 0 spiro atoms. The van der Waals surface area contributed by atoms with E-state index in [0.29, 0.717) is 5.92 Å². The average Bonchev–Trinajstić information content (AvgIpc) is 2.43. The Labute approximate surface area is 115 Å². The molecule has 5 nitrogen and oxygen atoms in total. The molecule has 0 aliphatic rings. The second-order valence-electron chi connectivity index (χ2n) is 4.64. The molecule has 0 saturated carbocycles. The van der Waals surface area contributed by atoms with Crippen LogP contribution in [0.3, 0.4) is 0 Å². The third-order valence-corrected chi connectivity index (χ3v) is 4.47. The smallest absolute Gasteiger partial charge is 0.240 e. The van der Waals surface area contributed by atoms with E-state index in [9.17, 15) is 8.42 Å². The van der Waals surface area contributed by atoms with E-state index in [-0.39, 0.29) is 4.90 Å². The summed E-state index contributed by atoms with van der Waals surface area (Å²) in [6, 6.07) is 6.74. The summed E-state index contributed by atoms with van der Waals surface area (Å²) in [5, 5.41) is 3.26. The van der Waals surface area contributed by atoms with E-state index in [1.807, 2.05) is 0 Å². The molecule has 1 aromatic carbocycles. The number of sulfonamides is 1. The van der Waals surface area contributed by atoms with Crippen molar-refractivity contribution in [1.29, 1.82) is 0 Å². The van der Waals surface area contributed by atoms with Gasteiger partial charge in [0.05, 0.1) is 4.90 Å². The van der Waals surface area contributed by atoms with Gasteiger partial charge in [0, 0.05) is 12.2 Å². The summed E-state index contributed by atoms with van der Waals surface area (Å²) in [7, 11) is -1.94. The molecule has 0 aromatic heterocycles. The molecule has 0 aliphatic heterocycles. The van der Waals surface area contributed by atoms with Gasteiger partial charge < -0.3 is 11.1 Å². The minimum atomic E-state index is -3.35. The van der Waals surface area contributed by atoms with E-state index < -0.39 is 10.0 Å². The van der Waals surface area contributed by atoms with E-state index in [4.69, 9.17) is 5.73 Å². The number of anilines is 1. The summed E-state index contributed by atoms with van der Waals surface area (Å²) in [4.78, 5) is 0.275. The van der Waals surface area contributed by atoms with Gasteiger partial charge in [-0.2, -0.15) is 0 Å². The average molecular weight is 285 g/mol. The number of hydrogen-bond acceptors (Lipinski definition) is 4. The van der Waals surface area contributed by atoms with E-state index >= 15 is 0 Å². The SMILES string of the molecule is CNS(=O)(=O)c1ccc(NCCCC(C)CN)cc1. The number of benzene rings is 1. The molecule has 1 aromatic rings. The van der Waals surface area contributed by atoms with Crippen LogP contribution in [0.25, 0.3) is 0 Å². The van der Waals surface area contributed by atoms with Gasteiger partial charge in [0.2, 0.25) is 10.0 Å². The second-order valence-corrected chi connectivity index (χ2v) is 6.53. The largest absolute Gasteiger partial charge is 0.385 e. The Hall–Kier alpha value is -1.11. The van der Waals surface area contributed by atoms with Crippen molar-refractivity contribution >= 4 is 15.7 Å². The standard InChI is InChI=1S/C13H23N3O2S/c1-11(10-14)4-3-9-16-12-5-7-13(8-6-12)19(17,18)15-2/h5-8,11,15-16H,3-4,9-10,14H2,1-2H3. The summed E-state index contributed by atoms with van der Waals surface area (Å²) >= 11 is 0.